The highest BCUT2D eigenvalue weighted by molar-refractivity contribution is 7.80. The molecule has 0 aromatic rings. The number of hydrogen-bond donors (Lipinski definition) is 0. The molecule has 0 aromatic heterocycles. The van der Waals surface area contributed by atoms with Crippen molar-refractivity contribution in [2.24, 2.45) is 5.41 Å². The SMILES string of the molecule is CN1CCC2(CCN(C)C2=S)C1. The minimum Gasteiger partial charge on any atom is -0.369 e. The maximum Gasteiger partial charge on any atom is 0.0853 e. The van der Waals surface area contributed by atoms with Gasteiger partial charge in [0, 0.05) is 25.6 Å². The Balaban J connectivity index is 2.18. The van der Waals surface area contributed by atoms with E-state index in [1.807, 2.05) is 0 Å². The molecule has 0 aliphatic carbocycles. The Labute approximate surface area is 79.5 Å². The van der Waals surface area contributed by atoms with Gasteiger partial charge in [-0.1, -0.05) is 12.2 Å². The van der Waals surface area contributed by atoms with E-state index in [9.17, 15) is 0 Å². The van der Waals surface area contributed by atoms with Crippen molar-refractivity contribution in [3.63, 3.8) is 0 Å². The van der Waals surface area contributed by atoms with Gasteiger partial charge in [-0.25, -0.2) is 0 Å². The average Bonchev–Trinajstić information content (AvgIpc) is 2.53. The zero-order valence-corrected chi connectivity index (χ0v) is 8.65. The number of thiocarbonyl (C=S) groups is 1. The standard InChI is InChI=1S/C9H16N2S/c1-10-5-3-9(7-10)4-6-11(2)8(9)12/h3-7H2,1-2H3. The summed E-state index contributed by atoms with van der Waals surface area (Å²) in [7, 11) is 4.31. The molecule has 0 saturated carbocycles. The number of nitrogens with zero attached hydrogens (tertiary/aromatic N) is 2. The molecule has 2 rings (SSSR count). The Morgan fingerprint density at radius 2 is 1.92 bits per heavy atom. The molecule has 0 bridgehead atoms. The van der Waals surface area contributed by atoms with Crippen molar-refractivity contribution in [2.45, 2.75) is 12.8 Å². The van der Waals surface area contributed by atoms with Crippen LogP contribution in [0.3, 0.4) is 0 Å². The topological polar surface area (TPSA) is 6.48 Å². The summed E-state index contributed by atoms with van der Waals surface area (Å²) < 4.78 is 0. The molecule has 0 N–H and O–H groups in total. The summed E-state index contributed by atoms with van der Waals surface area (Å²) in [5.41, 5.74) is 0.374. The second-order valence-electron chi connectivity index (χ2n) is 4.24. The second kappa shape index (κ2) is 2.67. The molecule has 2 saturated heterocycles. The number of rotatable bonds is 0. The molecule has 2 heterocycles. The van der Waals surface area contributed by atoms with Crippen molar-refractivity contribution in [3.8, 4) is 0 Å². The predicted octanol–water partition coefficient (Wildman–Crippen LogP) is 0.971. The molecule has 0 radical (unpaired) electrons. The van der Waals surface area contributed by atoms with Crippen LogP contribution in [0, 0.1) is 5.41 Å². The first-order chi connectivity index (χ1) is 5.64. The Morgan fingerprint density at radius 3 is 2.33 bits per heavy atom. The van der Waals surface area contributed by atoms with Crippen LogP contribution in [0.4, 0.5) is 0 Å². The smallest absolute Gasteiger partial charge is 0.0853 e. The van der Waals surface area contributed by atoms with E-state index in [1.165, 1.54) is 30.9 Å². The minimum atomic E-state index is 0.374. The number of hydrogen-bond acceptors (Lipinski definition) is 2. The van der Waals surface area contributed by atoms with Gasteiger partial charge in [-0.2, -0.15) is 0 Å². The van der Waals surface area contributed by atoms with Gasteiger partial charge < -0.3 is 9.80 Å². The van der Waals surface area contributed by atoms with Crippen LogP contribution < -0.4 is 0 Å². The lowest BCUT2D eigenvalue weighted by Gasteiger charge is -2.23. The fraction of sp³-hybridized carbons (Fsp3) is 0.889. The zero-order chi connectivity index (χ0) is 8.77. The van der Waals surface area contributed by atoms with E-state index < -0.39 is 0 Å². The van der Waals surface area contributed by atoms with Gasteiger partial charge in [0.05, 0.1) is 4.99 Å². The van der Waals surface area contributed by atoms with Crippen LogP contribution in [0.2, 0.25) is 0 Å². The van der Waals surface area contributed by atoms with Crippen LogP contribution in [0.5, 0.6) is 0 Å². The molecule has 2 aliphatic rings. The van der Waals surface area contributed by atoms with E-state index in [1.54, 1.807) is 0 Å². The summed E-state index contributed by atoms with van der Waals surface area (Å²) in [5.74, 6) is 0. The van der Waals surface area contributed by atoms with Crippen LogP contribution in [0.25, 0.3) is 0 Å². The Morgan fingerprint density at radius 1 is 1.25 bits per heavy atom. The summed E-state index contributed by atoms with van der Waals surface area (Å²) in [6.07, 6.45) is 2.54. The maximum absolute atomic E-state index is 5.47. The van der Waals surface area contributed by atoms with Gasteiger partial charge in [-0.3, -0.25) is 0 Å². The van der Waals surface area contributed by atoms with Crippen molar-refractivity contribution in [1.29, 1.82) is 0 Å². The highest BCUT2D eigenvalue weighted by Crippen LogP contribution is 2.40. The third kappa shape index (κ3) is 1.07. The molecule has 0 amide bonds. The lowest BCUT2D eigenvalue weighted by Crippen LogP contribution is -2.32. The quantitative estimate of drug-likeness (QED) is 0.518. The van der Waals surface area contributed by atoms with Crippen LogP contribution >= 0.6 is 12.2 Å². The Kier molecular flexibility index (Phi) is 1.88. The molecule has 2 fully saturated rings. The van der Waals surface area contributed by atoms with Gasteiger partial charge >= 0.3 is 0 Å². The molecule has 12 heavy (non-hydrogen) atoms. The second-order valence-corrected chi connectivity index (χ2v) is 4.63. The molecule has 68 valence electrons. The molecule has 1 atom stereocenters. The van der Waals surface area contributed by atoms with E-state index in [4.69, 9.17) is 12.2 Å². The maximum atomic E-state index is 5.47. The first-order valence-electron chi connectivity index (χ1n) is 4.58. The number of likely N-dealkylation sites (tertiary alicyclic amines) is 2. The van der Waals surface area contributed by atoms with Crippen molar-refractivity contribution in [3.05, 3.63) is 0 Å². The lowest BCUT2D eigenvalue weighted by molar-refractivity contribution is 0.366. The first-order valence-corrected chi connectivity index (χ1v) is 4.99. The summed E-state index contributed by atoms with van der Waals surface area (Å²) in [6, 6.07) is 0. The fourth-order valence-electron chi connectivity index (χ4n) is 2.45. The largest absolute Gasteiger partial charge is 0.369 e. The van der Waals surface area contributed by atoms with Gasteiger partial charge in [-0.05, 0) is 26.4 Å². The van der Waals surface area contributed by atoms with E-state index in [2.05, 4.69) is 23.9 Å². The third-order valence-corrected chi connectivity index (χ3v) is 4.02. The molecular formula is C9H16N2S. The summed E-state index contributed by atoms with van der Waals surface area (Å²) in [4.78, 5) is 5.84. The molecule has 2 nitrogen and oxygen atoms in total. The molecule has 1 spiro atoms. The van der Waals surface area contributed by atoms with E-state index in [0.29, 0.717) is 5.41 Å². The van der Waals surface area contributed by atoms with Gasteiger partial charge in [0.2, 0.25) is 0 Å². The van der Waals surface area contributed by atoms with E-state index in [-0.39, 0.29) is 0 Å². The molecule has 0 aromatic carbocycles. The first kappa shape index (κ1) is 8.45. The van der Waals surface area contributed by atoms with Gasteiger partial charge in [-0.15, -0.1) is 0 Å². The summed E-state index contributed by atoms with van der Waals surface area (Å²) in [5, 5.41) is 0. The Bertz CT molecular complexity index is 213. The molecule has 1 unspecified atom stereocenters. The summed E-state index contributed by atoms with van der Waals surface area (Å²) in [6.45, 7) is 3.55. The predicted molar refractivity (Wildman–Crippen MR) is 54.4 cm³/mol. The van der Waals surface area contributed by atoms with Crippen molar-refractivity contribution >= 4 is 17.2 Å². The highest BCUT2D eigenvalue weighted by atomic mass is 32.1. The van der Waals surface area contributed by atoms with Crippen LogP contribution in [-0.4, -0.2) is 48.5 Å². The minimum absolute atomic E-state index is 0.374. The van der Waals surface area contributed by atoms with Crippen molar-refractivity contribution in [1.82, 2.24) is 9.80 Å². The van der Waals surface area contributed by atoms with Gasteiger partial charge in [0.15, 0.2) is 0 Å². The normalized spacial score (nSPS) is 37.2. The molecule has 3 heteroatoms. The van der Waals surface area contributed by atoms with E-state index in [0.717, 1.165) is 6.54 Å². The van der Waals surface area contributed by atoms with Crippen LogP contribution in [0.15, 0.2) is 0 Å². The monoisotopic (exact) mass is 184 g/mol. The van der Waals surface area contributed by atoms with Gasteiger partial charge in [0.25, 0.3) is 0 Å². The zero-order valence-electron chi connectivity index (χ0n) is 7.84. The van der Waals surface area contributed by atoms with Crippen LogP contribution in [-0.2, 0) is 0 Å². The van der Waals surface area contributed by atoms with Crippen molar-refractivity contribution < 1.29 is 0 Å². The lowest BCUT2D eigenvalue weighted by atomic mass is 9.86. The third-order valence-electron chi connectivity index (χ3n) is 3.27. The average molecular weight is 184 g/mol. The van der Waals surface area contributed by atoms with Crippen LogP contribution in [0.1, 0.15) is 12.8 Å². The van der Waals surface area contributed by atoms with Gasteiger partial charge in [0.1, 0.15) is 0 Å². The Hall–Kier alpha value is -0.150. The fourth-order valence-corrected chi connectivity index (χ4v) is 2.81. The molecule has 2 aliphatic heterocycles. The van der Waals surface area contributed by atoms with Crippen molar-refractivity contribution in [2.75, 3.05) is 33.7 Å². The molecular weight excluding hydrogens is 168 g/mol. The summed E-state index contributed by atoms with van der Waals surface area (Å²) >= 11 is 5.47. The highest BCUT2D eigenvalue weighted by Gasteiger charge is 2.45. The van der Waals surface area contributed by atoms with E-state index >= 15 is 0 Å².